The van der Waals surface area contributed by atoms with Gasteiger partial charge in [0.1, 0.15) is 5.58 Å². The fraction of sp³-hybridized carbons (Fsp3) is 0.182. The SMILES string of the molecule is CCOC(=O)c1oc2cc([N+](=O)[O-])ccc2c1N. The number of benzene rings is 1. The number of nitrogen functional groups attached to an aromatic ring is 1. The Morgan fingerprint density at radius 3 is 2.89 bits per heavy atom. The van der Waals surface area contributed by atoms with E-state index in [-0.39, 0.29) is 29.3 Å². The fourth-order valence-electron chi connectivity index (χ4n) is 1.57. The topological polar surface area (TPSA) is 109 Å². The van der Waals surface area contributed by atoms with Crippen LogP contribution in [0.5, 0.6) is 0 Å². The van der Waals surface area contributed by atoms with E-state index >= 15 is 0 Å². The second-order valence-electron chi connectivity index (χ2n) is 3.50. The summed E-state index contributed by atoms with van der Waals surface area (Å²) in [6, 6.07) is 3.95. The molecule has 1 aromatic carbocycles. The van der Waals surface area contributed by atoms with Crippen molar-refractivity contribution >= 4 is 28.3 Å². The van der Waals surface area contributed by atoms with Gasteiger partial charge >= 0.3 is 5.97 Å². The normalized spacial score (nSPS) is 10.5. The Bertz CT molecular complexity index is 632. The molecule has 2 rings (SSSR count). The number of non-ortho nitro benzene ring substituents is 1. The highest BCUT2D eigenvalue weighted by molar-refractivity contribution is 6.03. The number of rotatable bonds is 3. The van der Waals surface area contributed by atoms with Crippen molar-refractivity contribution in [2.45, 2.75) is 6.92 Å². The van der Waals surface area contributed by atoms with E-state index in [0.717, 1.165) is 0 Å². The number of anilines is 1. The third-order valence-corrected chi connectivity index (χ3v) is 2.38. The zero-order valence-corrected chi connectivity index (χ0v) is 9.50. The van der Waals surface area contributed by atoms with E-state index in [4.69, 9.17) is 14.9 Å². The van der Waals surface area contributed by atoms with Gasteiger partial charge in [0.15, 0.2) is 0 Å². The van der Waals surface area contributed by atoms with Crippen LogP contribution in [0, 0.1) is 10.1 Å². The summed E-state index contributed by atoms with van der Waals surface area (Å²) in [4.78, 5) is 21.6. The molecular formula is C11H10N2O5. The lowest BCUT2D eigenvalue weighted by Crippen LogP contribution is -2.05. The maximum Gasteiger partial charge on any atom is 0.376 e. The summed E-state index contributed by atoms with van der Waals surface area (Å²) in [5.74, 6) is -0.818. The molecule has 0 radical (unpaired) electrons. The number of nitro benzene ring substituents is 1. The molecule has 0 aliphatic heterocycles. The molecule has 0 saturated carbocycles. The first-order valence-electron chi connectivity index (χ1n) is 5.18. The van der Waals surface area contributed by atoms with Gasteiger partial charge in [0, 0.05) is 11.5 Å². The number of nitro groups is 1. The van der Waals surface area contributed by atoms with Crippen LogP contribution in [-0.4, -0.2) is 17.5 Å². The van der Waals surface area contributed by atoms with Gasteiger partial charge in [-0.25, -0.2) is 4.79 Å². The van der Waals surface area contributed by atoms with Crippen LogP contribution in [-0.2, 0) is 4.74 Å². The maximum atomic E-state index is 11.5. The van der Waals surface area contributed by atoms with Gasteiger partial charge < -0.3 is 14.9 Å². The Morgan fingerprint density at radius 2 is 2.28 bits per heavy atom. The highest BCUT2D eigenvalue weighted by atomic mass is 16.6. The zero-order valence-electron chi connectivity index (χ0n) is 9.50. The third-order valence-electron chi connectivity index (χ3n) is 2.38. The first-order valence-corrected chi connectivity index (χ1v) is 5.18. The summed E-state index contributed by atoms with van der Waals surface area (Å²) in [5, 5.41) is 11.1. The molecule has 18 heavy (non-hydrogen) atoms. The maximum absolute atomic E-state index is 11.5. The van der Waals surface area contributed by atoms with Crippen molar-refractivity contribution in [3.8, 4) is 0 Å². The molecule has 1 aromatic heterocycles. The van der Waals surface area contributed by atoms with Gasteiger partial charge in [-0.1, -0.05) is 0 Å². The molecule has 0 aliphatic rings. The monoisotopic (exact) mass is 250 g/mol. The molecule has 1 heterocycles. The zero-order chi connectivity index (χ0) is 13.3. The van der Waals surface area contributed by atoms with Crippen LogP contribution in [0.25, 0.3) is 11.0 Å². The van der Waals surface area contributed by atoms with Crippen LogP contribution in [0.1, 0.15) is 17.5 Å². The van der Waals surface area contributed by atoms with Crippen molar-refractivity contribution in [1.82, 2.24) is 0 Å². The molecular weight excluding hydrogens is 240 g/mol. The predicted molar refractivity (Wildman–Crippen MR) is 63.2 cm³/mol. The molecule has 0 saturated heterocycles. The third kappa shape index (κ3) is 1.86. The van der Waals surface area contributed by atoms with Crippen LogP contribution in [0.4, 0.5) is 11.4 Å². The Labute approximate surface area is 101 Å². The molecule has 2 aromatic rings. The fourth-order valence-corrected chi connectivity index (χ4v) is 1.57. The van der Waals surface area contributed by atoms with E-state index in [1.54, 1.807) is 6.92 Å². The van der Waals surface area contributed by atoms with Gasteiger partial charge in [0.25, 0.3) is 5.69 Å². The standard InChI is InChI=1S/C11H10N2O5/c1-2-17-11(14)10-9(12)7-4-3-6(13(15)16)5-8(7)18-10/h3-5H,2,12H2,1H3. The number of hydrogen-bond acceptors (Lipinski definition) is 6. The van der Waals surface area contributed by atoms with Gasteiger partial charge in [-0.15, -0.1) is 0 Å². The smallest absolute Gasteiger partial charge is 0.376 e. The number of ether oxygens (including phenoxy) is 1. The number of furan rings is 1. The average molecular weight is 250 g/mol. The van der Waals surface area contributed by atoms with Crippen LogP contribution in [0.2, 0.25) is 0 Å². The van der Waals surface area contributed by atoms with Crippen molar-refractivity contribution in [3.05, 3.63) is 34.1 Å². The number of fused-ring (bicyclic) bond motifs is 1. The van der Waals surface area contributed by atoms with Gasteiger partial charge in [0.2, 0.25) is 5.76 Å². The molecule has 0 spiro atoms. The van der Waals surface area contributed by atoms with Crippen molar-refractivity contribution in [3.63, 3.8) is 0 Å². The molecule has 0 fully saturated rings. The molecule has 2 N–H and O–H groups in total. The number of carbonyl (C=O) groups is 1. The predicted octanol–water partition coefficient (Wildman–Crippen LogP) is 2.10. The number of carbonyl (C=O) groups excluding carboxylic acids is 1. The van der Waals surface area contributed by atoms with E-state index in [9.17, 15) is 14.9 Å². The summed E-state index contributed by atoms with van der Waals surface area (Å²) < 4.78 is 9.97. The number of nitrogens with two attached hydrogens (primary N) is 1. The highest BCUT2D eigenvalue weighted by Gasteiger charge is 2.21. The van der Waals surface area contributed by atoms with Crippen molar-refractivity contribution in [1.29, 1.82) is 0 Å². The second-order valence-corrected chi connectivity index (χ2v) is 3.50. The Kier molecular flexibility index (Phi) is 2.88. The van der Waals surface area contributed by atoms with Crippen molar-refractivity contribution < 1.29 is 18.9 Å². The first kappa shape index (κ1) is 11.9. The van der Waals surface area contributed by atoms with Crippen LogP contribution < -0.4 is 5.73 Å². The average Bonchev–Trinajstić information content (AvgIpc) is 2.66. The van der Waals surface area contributed by atoms with E-state index in [1.165, 1.54) is 18.2 Å². The van der Waals surface area contributed by atoms with Crippen molar-refractivity contribution in [2.24, 2.45) is 0 Å². The van der Waals surface area contributed by atoms with E-state index in [0.29, 0.717) is 5.39 Å². The largest absolute Gasteiger partial charge is 0.460 e. The summed E-state index contributed by atoms with van der Waals surface area (Å²) in [6.07, 6.45) is 0. The molecule has 94 valence electrons. The Morgan fingerprint density at radius 1 is 1.56 bits per heavy atom. The van der Waals surface area contributed by atoms with Gasteiger partial charge in [-0.3, -0.25) is 10.1 Å². The summed E-state index contributed by atoms with van der Waals surface area (Å²) in [5.41, 5.74) is 5.91. The Balaban J connectivity index is 2.55. The number of esters is 1. The molecule has 0 unspecified atom stereocenters. The van der Waals surface area contributed by atoms with Gasteiger partial charge in [-0.05, 0) is 13.0 Å². The molecule has 0 bridgehead atoms. The second kappa shape index (κ2) is 4.36. The van der Waals surface area contributed by atoms with Crippen LogP contribution in [0.15, 0.2) is 22.6 Å². The van der Waals surface area contributed by atoms with E-state index in [1.807, 2.05) is 0 Å². The highest BCUT2D eigenvalue weighted by Crippen LogP contribution is 2.31. The quantitative estimate of drug-likeness (QED) is 0.507. The summed E-state index contributed by atoms with van der Waals surface area (Å²) in [6.45, 7) is 1.84. The van der Waals surface area contributed by atoms with E-state index < -0.39 is 10.9 Å². The number of hydrogen-bond donors (Lipinski definition) is 1. The first-order chi connectivity index (χ1) is 8.54. The molecule has 0 atom stereocenters. The number of nitrogens with zero attached hydrogens (tertiary/aromatic N) is 1. The summed E-state index contributed by atoms with van der Waals surface area (Å²) >= 11 is 0. The molecule has 0 amide bonds. The van der Waals surface area contributed by atoms with Gasteiger partial charge in [-0.2, -0.15) is 0 Å². The summed E-state index contributed by atoms with van der Waals surface area (Å²) in [7, 11) is 0. The van der Waals surface area contributed by atoms with E-state index in [2.05, 4.69) is 0 Å². The lowest BCUT2D eigenvalue weighted by atomic mass is 10.2. The molecule has 7 heteroatoms. The minimum atomic E-state index is -0.686. The van der Waals surface area contributed by atoms with Crippen molar-refractivity contribution in [2.75, 3.05) is 12.3 Å². The lowest BCUT2D eigenvalue weighted by Gasteiger charge is -1.97. The molecule has 0 aliphatic carbocycles. The minimum absolute atomic E-state index is 0.123. The van der Waals surface area contributed by atoms with Crippen LogP contribution in [0.3, 0.4) is 0 Å². The Hall–Kier alpha value is -2.57. The minimum Gasteiger partial charge on any atom is -0.460 e. The van der Waals surface area contributed by atoms with Gasteiger partial charge in [0.05, 0.1) is 23.3 Å². The molecule has 7 nitrogen and oxygen atoms in total. The lowest BCUT2D eigenvalue weighted by molar-refractivity contribution is -0.384. The van der Waals surface area contributed by atoms with Crippen LogP contribution >= 0.6 is 0 Å².